The number of nitrogens with two attached hydrogens (primary N) is 1. The lowest BCUT2D eigenvalue weighted by Crippen LogP contribution is -2.42. The van der Waals surface area contributed by atoms with Crippen LogP contribution in [0.5, 0.6) is 0 Å². The van der Waals surface area contributed by atoms with Crippen molar-refractivity contribution in [3.63, 3.8) is 0 Å². The number of hydrogen-bond donors (Lipinski definition) is 3. The molecule has 1 amide bonds. The Labute approximate surface area is 93.1 Å². The zero-order valence-electron chi connectivity index (χ0n) is 8.55. The predicted octanol–water partition coefficient (Wildman–Crippen LogP) is -1.21. The molecule has 1 unspecified atom stereocenters. The molecule has 1 aliphatic carbocycles. The third-order valence-corrected chi connectivity index (χ3v) is 4.21. The van der Waals surface area contributed by atoms with Crippen molar-refractivity contribution in [1.82, 2.24) is 4.72 Å². The van der Waals surface area contributed by atoms with Gasteiger partial charge in [0.05, 0.1) is 5.25 Å². The SMILES string of the molecule is NC(=O)CCC(NS(=O)(=O)C1CC1)C(=O)O. The molecule has 0 saturated heterocycles. The molecule has 7 nitrogen and oxygen atoms in total. The molecule has 0 aromatic carbocycles. The number of primary amides is 1. The Morgan fingerprint density at radius 2 is 2.00 bits per heavy atom. The lowest BCUT2D eigenvalue weighted by molar-refractivity contribution is -0.139. The van der Waals surface area contributed by atoms with E-state index in [2.05, 4.69) is 4.72 Å². The highest BCUT2D eigenvalue weighted by molar-refractivity contribution is 7.90. The highest BCUT2D eigenvalue weighted by Gasteiger charge is 2.38. The van der Waals surface area contributed by atoms with Gasteiger partial charge in [-0.25, -0.2) is 13.1 Å². The van der Waals surface area contributed by atoms with Gasteiger partial charge in [-0.3, -0.25) is 9.59 Å². The van der Waals surface area contributed by atoms with Crippen LogP contribution in [0.15, 0.2) is 0 Å². The Morgan fingerprint density at radius 1 is 1.44 bits per heavy atom. The summed E-state index contributed by atoms with van der Waals surface area (Å²) < 4.78 is 25.0. The number of carboxylic acids is 1. The number of hydrogen-bond acceptors (Lipinski definition) is 4. The van der Waals surface area contributed by atoms with Gasteiger partial charge in [0, 0.05) is 6.42 Å². The minimum Gasteiger partial charge on any atom is -0.480 e. The van der Waals surface area contributed by atoms with Crippen molar-refractivity contribution in [1.29, 1.82) is 0 Å². The second kappa shape index (κ2) is 4.79. The van der Waals surface area contributed by atoms with Gasteiger partial charge in [-0.2, -0.15) is 0 Å². The van der Waals surface area contributed by atoms with Crippen LogP contribution in [0, 0.1) is 0 Å². The van der Waals surface area contributed by atoms with E-state index in [0.717, 1.165) is 0 Å². The fourth-order valence-corrected chi connectivity index (χ4v) is 2.76. The number of aliphatic carboxylic acids is 1. The van der Waals surface area contributed by atoms with E-state index in [0.29, 0.717) is 12.8 Å². The molecule has 0 aromatic rings. The summed E-state index contributed by atoms with van der Waals surface area (Å²) in [5, 5.41) is 8.29. The van der Waals surface area contributed by atoms with Crippen LogP contribution in [0.1, 0.15) is 25.7 Å². The van der Waals surface area contributed by atoms with Crippen LogP contribution < -0.4 is 10.5 Å². The van der Waals surface area contributed by atoms with Gasteiger partial charge in [-0.1, -0.05) is 0 Å². The first-order valence-corrected chi connectivity index (χ1v) is 6.40. The number of sulfonamides is 1. The standard InChI is InChI=1S/C8H14N2O5S/c9-7(11)4-3-6(8(12)13)10-16(14,15)5-1-2-5/h5-6,10H,1-4H2,(H2,9,11)(H,12,13). The van der Waals surface area contributed by atoms with Crippen molar-refractivity contribution in [2.24, 2.45) is 5.73 Å². The summed E-state index contributed by atoms with van der Waals surface area (Å²) in [5.74, 6) is -1.96. The second-order valence-corrected chi connectivity index (χ2v) is 5.75. The molecule has 4 N–H and O–H groups in total. The molecule has 0 aliphatic heterocycles. The number of nitrogens with one attached hydrogen (secondary N) is 1. The Hall–Kier alpha value is -1.15. The molecular weight excluding hydrogens is 236 g/mol. The van der Waals surface area contributed by atoms with Crippen LogP contribution in [-0.4, -0.2) is 36.7 Å². The molecule has 92 valence electrons. The first kappa shape index (κ1) is 12.9. The third kappa shape index (κ3) is 3.78. The molecule has 1 aliphatic rings. The molecule has 1 saturated carbocycles. The molecule has 1 atom stereocenters. The Balaban J connectivity index is 2.57. The van der Waals surface area contributed by atoms with Crippen molar-refractivity contribution in [2.45, 2.75) is 37.0 Å². The van der Waals surface area contributed by atoms with Crippen LogP contribution >= 0.6 is 0 Å². The van der Waals surface area contributed by atoms with Crippen LogP contribution in [0.25, 0.3) is 0 Å². The number of carbonyl (C=O) groups is 2. The molecule has 0 bridgehead atoms. The number of rotatable bonds is 7. The lowest BCUT2D eigenvalue weighted by atomic mass is 10.2. The van der Waals surface area contributed by atoms with Gasteiger partial charge in [0.25, 0.3) is 0 Å². The smallest absolute Gasteiger partial charge is 0.321 e. The maximum Gasteiger partial charge on any atom is 0.321 e. The van der Waals surface area contributed by atoms with Crippen molar-refractivity contribution in [2.75, 3.05) is 0 Å². The Morgan fingerprint density at radius 3 is 2.38 bits per heavy atom. The van der Waals surface area contributed by atoms with Crippen LogP contribution in [0.3, 0.4) is 0 Å². The van der Waals surface area contributed by atoms with Crippen molar-refractivity contribution in [3.05, 3.63) is 0 Å². The summed E-state index contributed by atoms with van der Waals surface area (Å²) >= 11 is 0. The molecule has 0 spiro atoms. The van der Waals surface area contributed by atoms with E-state index >= 15 is 0 Å². The highest BCUT2D eigenvalue weighted by atomic mass is 32.2. The van der Waals surface area contributed by atoms with Gasteiger partial charge >= 0.3 is 5.97 Å². The van der Waals surface area contributed by atoms with E-state index in [-0.39, 0.29) is 12.8 Å². The molecule has 16 heavy (non-hydrogen) atoms. The average molecular weight is 250 g/mol. The average Bonchev–Trinajstić information content (AvgIpc) is 2.94. The maximum atomic E-state index is 11.5. The van der Waals surface area contributed by atoms with E-state index in [1.807, 2.05) is 0 Å². The monoisotopic (exact) mass is 250 g/mol. The summed E-state index contributed by atoms with van der Waals surface area (Å²) in [7, 11) is -3.56. The number of carbonyl (C=O) groups excluding carboxylic acids is 1. The lowest BCUT2D eigenvalue weighted by Gasteiger charge is -2.13. The van der Waals surface area contributed by atoms with E-state index < -0.39 is 33.2 Å². The summed E-state index contributed by atoms with van der Waals surface area (Å²) in [6, 6.07) is -1.28. The fourth-order valence-electron chi connectivity index (χ4n) is 1.19. The zero-order chi connectivity index (χ0) is 12.3. The van der Waals surface area contributed by atoms with Crippen molar-refractivity contribution < 1.29 is 23.1 Å². The summed E-state index contributed by atoms with van der Waals surface area (Å²) in [6.45, 7) is 0. The largest absolute Gasteiger partial charge is 0.480 e. The van der Waals surface area contributed by atoms with E-state index in [4.69, 9.17) is 10.8 Å². The first-order chi connectivity index (χ1) is 7.33. The Kier molecular flexibility index (Phi) is 3.87. The van der Waals surface area contributed by atoms with Gasteiger partial charge in [0.1, 0.15) is 6.04 Å². The third-order valence-electron chi connectivity index (χ3n) is 2.25. The van der Waals surface area contributed by atoms with Gasteiger partial charge < -0.3 is 10.8 Å². The predicted molar refractivity (Wildman–Crippen MR) is 54.9 cm³/mol. The summed E-state index contributed by atoms with van der Waals surface area (Å²) in [6.07, 6.45) is 0.815. The first-order valence-electron chi connectivity index (χ1n) is 4.85. The van der Waals surface area contributed by atoms with Crippen LogP contribution in [-0.2, 0) is 19.6 Å². The van der Waals surface area contributed by atoms with E-state index in [1.54, 1.807) is 0 Å². The topological polar surface area (TPSA) is 127 Å². The molecule has 8 heteroatoms. The fraction of sp³-hybridized carbons (Fsp3) is 0.750. The number of amides is 1. The van der Waals surface area contributed by atoms with Crippen molar-refractivity contribution in [3.8, 4) is 0 Å². The van der Waals surface area contributed by atoms with Gasteiger partial charge in [-0.05, 0) is 19.3 Å². The van der Waals surface area contributed by atoms with Crippen molar-refractivity contribution >= 4 is 21.9 Å². The second-order valence-electron chi connectivity index (χ2n) is 3.76. The normalized spacial score (nSPS) is 18.0. The van der Waals surface area contributed by atoms with Crippen LogP contribution in [0.2, 0.25) is 0 Å². The quantitative estimate of drug-likeness (QED) is 0.522. The molecule has 0 heterocycles. The minimum absolute atomic E-state index is 0.128. The molecule has 1 rings (SSSR count). The van der Waals surface area contributed by atoms with Gasteiger partial charge in [0.15, 0.2) is 0 Å². The van der Waals surface area contributed by atoms with Crippen LogP contribution in [0.4, 0.5) is 0 Å². The van der Waals surface area contributed by atoms with E-state index in [9.17, 15) is 18.0 Å². The summed E-state index contributed by atoms with van der Waals surface area (Å²) in [5.41, 5.74) is 4.87. The van der Waals surface area contributed by atoms with E-state index in [1.165, 1.54) is 0 Å². The summed E-state index contributed by atoms with van der Waals surface area (Å²) in [4.78, 5) is 21.2. The minimum atomic E-state index is -3.56. The molecular formula is C8H14N2O5S. The molecule has 1 fully saturated rings. The highest BCUT2D eigenvalue weighted by Crippen LogP contribution is 2.27. The molecule has 0 radical (unpaired) electrons. The number of carboxylic acid groups (broad SMARTS) is 1. The zero-order valence-corrected chi connectivity index (χ0v) is 9.37. The Bertz CT molecular complexity index is 387. The van der Waals surface area contributed by atoms with Gasteiger partial charge in [0.2, 0.25) is 15.9 Å². The molecule has 0 aromatic heterocycles. The maximum absolute atomic E-state index is 11.5. The van der Waals surface area contributed by atoms with Gasteiger partial charge in [-0.15, -0.1) is 0 Å².